The van der Waals surface area contributed by atoms with Crippen LogP contribution in [0.2, 0.25) is 0 Å². The van der Waals surface area contributed by atoms with Gasteiger partial charge in [0.05, 0.1) is 22.4 Å². The number of hydrogen-bond donors (Lipinski definition) is 0. The smallest absolute Gasteiger partial charge is 0.252 e. The molecule has 6 aliphatic rings. The maximum absolute atomic E-state index is 2.83. The molecule has 0 atom stereocenters. The van der Waals surface area contributed by atoms with Crippen molar-refractivity contribution >= 4 is 181 Å². The van der Waals surface area contributed by atoms with Gasteiger partial charge < -0.3 is 28.7 Å². The van der Waals surface area contributed by atoms with Crippen molar-refractivity contribution in [2.45, 2.75) is 135 Å². The molecule has 13 aromatic carbocycles. The van der Waals surface area contributed by atoms with Crippen LogP contribution in [0.15, 0.2) is 200 Å². The molecule has 0 radical (unpaired) electrons. The zero-order chi connectivity index (χ0) is 73.5. The van der Waals surface area contributed by atoms with Gasteiger partial charge in [0.1, 0.15) is 0 Å². The van der Waals surface area contributed by atoms with Crippen LogP contribution in [0, 0.1) is 83.1 Å². The number of anilines is 12. The van der Waals surface area contributed by atoms with Crippen molar-refractivity contribution in [3.8, 4) is 11.4 Å². The molecule has 6 aliphatic heterocycles. The fraction of sp³-hybridized carbons (Fsp3) is 0.204. The van der Waals surface area contributed by atoms with E-state index in [9.17, 15) is 0 Å². The first-order valence-electron chi connectivity index (χ1n) is 38.7. The summed E-state index contributed by atoms with van der Waals surface area (Å²) < 4.78 is 5.36. The van der Waals surface area contributed by atoms with E-state index in [0.717, 1.165) is 11.4 Å². The van der Waals surface area contributed by atoms with Crippen LogP contribution in [0.3, 0.4) is 0 Å². The van der Waals surface area contributed by atoms with Gasteiger partial charge in [-0.2, -0.15) is 0 Å². The Hall–Kier alpha value is -11.1. The first-order valence-corrected chi connectivity index (χ1v) is 38.7. The Bertz CT molecular complexity index is 6110. The van der Waals surface area contributed by atoms with Crippen LogP contribution >= 0.6 is 0 Å². The summed E-state index contributed by atoms with van der Waals surface area (Å²) in [7, 11) is 0. The van der Waals surface area contributed by atoms with Gasteiger partial charge in [0.2, 0.25) is 0 Å². The Labute approximate surface area is 630 Å². The van der Waals surface area contributed by atoms with Crippen LogP contribution in [0.25, 0.3) is 55.0 Å². The van der Waals surface area contributed by atoms with Gasteiger partial charge >= 0.3 is 0 Å². The maximum Gasteiger partial charge on any atom is 0.252 e. The summed E-state index contributed by atoms with van der Waals surface area (Å²) in [4.78, 5) is 10.9. The zero-order valence-corrected chi connectivity index (χ0v) is 65.0. The third-order valence-corrected chi connectivity index (χ3v) is 26.2. The summed E-state index contributed by atoms with van der Waals surface area (Å²) in [5.74, 6) is 0. The molecule has 0 aliphatic carbocycles. The van der Waals surface area contributed by atoms with Gasteiger partial charge in [-0.1, -0.05) is 169 Å². The molecule has 107 heavy (non-hydrogen) atoms. The summed E-state index contributed by atoms with van der Waals surface area (Å²) in [5.41, 5.74) is 51.8. The topological polar surface area (TPSA) is 22.8 Å². The average molecular weight is 1380 g/mol. The molecule has 0 fully saturated rings. The van der Waals surface area contributed by atoms with E-state index in [0.29, 0.717) is 0 Å². The van der Waals surface area contributed by atoms with E-state index in [4.69, 9.17) is 0 Å². The van der Waals surface area contributed by atoms with Crippen molar-refractivity contribution in [2.75, 3.05) is 19.6 Å². The molecule has 2 aromatic heterocycles. The van der Waals surface area contributed by atoms with E-state index >= 15 is 0 Å². The minimum Gasteiger partial charge on any atom is -0.312 e. The van der Waals surface area contributed by atoms with Crippen LogP contribution in [0.4, 0.5) is 68.2 Å². The third-order valence-electron chi connectivity index (χ3n) is 26.2. The lowest BCUT2D eigenvalue weighted by molar-refractivity contribution is 0.590. The van der Waals surface area contributed by atoms with Crippen LogP contribution in [0.1, 0.15) is 119 Å². The summed E-state index contributed by atoms with van der Waals surface area (Å²) in [5, 5.41) is 5.11. The molecule has 0 amide bonds. The number of benzene rings is 13. The lowest BCUT2D eigenvalue weighted by Crippen LogP contribution is -2.72. The number of aryl methyl sites for hydroxylation is 12. The molecule has 0 spiro atoms. The second-order valence-electron chi connectivity index (χ2n) is 34.7. The number of para-hydroxylation sites is 4. The summed E-state index contributed by atoms with van der Waals surface area (Å²) in [6, 6.07) is 80.9. The number of rotatable bonds is 6. The van der Waals surface area contributed by atoms with Crippen molar-refractivity contribution in [2.24, 2.45) is 0 Å². The van der Waals surface area contributed by atoms with Crippen LogP contribution in [-0.4, -0.2) is 29.3 Å². The Morgan fingerprint density at radius 2 is 0.589 bits per heavy atom. The largest absolute Gasteiger partial charge is 0.312 e. The predicted octanol–water partition coefficient (Wildman–Crippen LogP) is 19.5. The van der Waals surface area contributed by atoms with Gasteiger partial charge in [-0.15, -0.1) is 0 Å². The Balaban J connectivity index is 0.958. The number of hydrogen-bond acceptors (Lipinski definition) is 4. The highest BCUT2D eigenvalue weighted by Gasteiger charge is 2.55. The van der Waals surface area contributed by atoms with Crippen molar-refractivity contribution < 1.29 is 0 Å². The van der Waals surface area contributed by atoms with Crippen molar-refractivity contribution in [1.82, 2.24) is 9.13 Å². The SMILES string of the molecule is Cc1cc(C)c(N(c2cc3c4c(c2)-n2c5ccccc5c5cccc(c52)B4c2cc4c5c6c2N3c2cc(C(C)(C)C)ccc2B6c2ccc(C(C)(C)C)cc2N5c2cc(N(c3cc(C)c(C)cc3C)c3cc(C)c(C)cc3C)cc3c2B4c2cccc4c5ccccc5n-3c24)c2cc(C)c(C)cc2C)cc1C. The van der Waals surface area contributed by atoms with E-state index < -0.39 is 0 Å². The molecule has 0 saturated heterocycles. The maximum atomic E-state index is 2.83. The van der Waals surface area contributed by atoms with E-state index in [-0.39, 0.29) is 31.0 Å². The minimum atomic E-state index is -0.160. The molecule has 0 N–H and O–H groups in total. The standard InChI is InChI=1S/C98H87B3N6/c1-52-37-60(9)80(41-56(52)5)102(81-42-57(6)53(2)38-61(81)10)66-47-86-90-88(49-66)106-84-45-64(97(13,14)15)33-35-72(84)99-73-36-34-65(98(16,17)18)46-85(73)107-89-50-67(103(82-43-58(7)54(3)39-62(82)11)83-44-59(8)55(4)40-63(83)12)48-87-91(89)101(75-30-24-28-71-69-26-20-22-32-79(69)105(87)94(71)75)77-51-76(95(106)92(99)96(77)107)100(90)74-29-23-27-70-68-25-19-21-31-78(68)104(86)93(70)74/h19-51H,1-18H3. The second-order valence-corrected chi connectivity index (χ2v) is 34.7. The van der Waals surface area contributed by atoms with Gasteiger partial charge in [-0.05, 0) is 294 Å². The Morgan fingerprint density at radius 3 is 0.953 bits per heavy atom. The lowest BCUT2D eigenvalue weighted by Gasteiger charge is -2.52. The quantitative estimate of drug-likeness (QED) is 0.155. The van der Waals surface area contributed by atoms with Crippen LogP contribution < -0.4 is 68.8 Å². The first-order chi connectivity index (χ1) is 51.3. The second kappa shape index (κ2) is 21.8. The minimum absolute atomic E-state index is 0.134. The van der Waals surface area contributed by atoms with Gasteiger partial charge in [-0.25, -0.2) is 0 Å². The summed E-state index contributed by atoms with van der Waals surface area (Å²) in [6.07, 6.45) is 0. The van der Waals surface area contributed by atoms with Crippen molar-refractivity contribution in [3.05, 3.63) is 278 Å². The van der Waals surface area contributed by atoms with Gasteiger partial charge in [0.25, 0.3) is 20.1 Å². The number of nitrogens with zero attached hydrogens (tertiary/aromatic N) is 6. The van der Waals surface area contributed by atoms with E-state index in [1.54, 1.807) is 0 Å². The molecule has 21 rings (SSSR count). The molecule has 8 heterocycles. The van der Waals surface area contributed by atoms with Crippen molar-refractivity contribution in [1.29, 1.82) is 0 Å². The molecule has 9 heteroatoms. The monoisotopic (exact) mass is 1380 g/mol. The van der Waals surface area contributed by atoms with E-state index in [2.05, 4.69) is 354 Å². The lowest BCUT2D eigenvalue weighted by atomic mass is 9.26. The highest BCUT2D eigenvalue weighted by atomic mass is 15.2. The molecule has 15 aromatic rings. The molecule has 518 valence electrons. The Morgan fingerprint density at radius 1 is 0.262 bits per heavy atom. The highest BCUT2D eigenvalue weighted by molar-refractivity contribution is 7.07. The Kier molecular flexibility index (Phi) is 13.1. The number of aromatic nitrogens is 2. The molecule has 0 unspecified atom stereocenters. The average Bonchev–Trinajstić information content (AvgIpc) is 1.58. The zero-order valence-electron chi connectivity index (χ0n) is 65.0. The van der Waals surface area contributed by atoms with Crippen LogP contribution in [-0.2, 0) is 10.8 Å². The molecule has 0 saturated carbocycles. The van der Waals surface area contributed by atoms with Crippen molar-refractivity contribution in [3.63, 3.8) is 0 Å². The molecule has 6 nitrogen and oxygen atoms in total. The van der Waals surface area contributed by atoms with Crippen LogP contribution in [0.5, 0.6) is 0 Å². The van der Waals surface area contributed by atoms with Gasteiger partial charge in [0, 0.05) is 101 Å². The molecular weight excluding hydrogens is 1290 g/mol. The predicted molar refractivity (Wildman–Crippen MR) is 462 cm³/mol. The first kappa shape index (κ1) is 64.3. The summed E-state index contributed by atoms with van der Waals surface area (Å²) in [6.45, 7) is 41.4. The van der Waals surface area contributed by atoms with Gasteiger partial charge in [-0.3, -0.25) is 0 Å². The molecule has 0 bridgehead atoms. The highest BCUT2D eigenvalue weighted by Crippen LogP contribution is 2.54. The van der Waals surface area contributed by atoms with Gasteiger partial charge in [0.15, 0.2) is 0 Å². The fourth-order valence-corrected chi connectivity index (χ4v) is 20.4. The molecular formula is C98H87B3N6. The fourth-order valence-electron chi connectivity index (χ4n) is 20.4. The summed E-state index contributed by atoms with van der Waals surface area (Å²) >= 11 is 0. The third kappa shape index (κ3) is 8.57. The number of fused-ring (bicyclic) bond motifs is 20. The van der Waals surface area contributed by atoms with E-state index in [1.807, 2.05) is 0 Å². The normalized spacial score (nSPS) is 13.8. The van der Waals surface area contributed by atoms with E-state index in [1.165, 1.54) is 239 Å².